The summed E-state index contributed by atoms with van der Waals surface area (Å²) in [5, 5.41) is 0. The molecule has 0 radical (unpaired) electrons. The van der Waals surface area contributed by atoms with E-state index in [9.17, 15) is 0 Å². The van der Waals surface area contributed by atoms with Crippen molar-refractivity contribution in [2.45, 2.75) is 78.6 Å². The first-order valence-electron chi connectivity index (χ1n) is 15.2. The van der Waals surface area contributed by atoms with Crippen molar-refractivity contribution >= 4 is 0 Å². The van der Waals surface area contributed by atoms with Gasteiger partial charge in [0.05, 0.1) is 22.8 Å². The van der Waals surface area contributed by atoms with E-state index in [4.69, 9.17) is 11.4 Å². The SMILES string of the molecule is CC(C)(C)c1ccnc(-c2cc(C(C)(C)C)cc(-c3cc(C(C)(C)C)ccn3)n2)c1.[C-]#Cc1ccc(-c2ccccc2)cc1.[Cl-].[Pt+2]. The van der Waals surface area contributed by atoms with Gasteiger partial charge in [0.1, 0.15) is 0 Å². The molecule has 3 heterocycles. The summed E-state index contributed by atoms with van der Waals surface area (Å²) in [5.41, 5.74) is 10.6. The monoisotopic (exact) mass is 808 g/mol. The quantitative estimate of drug-likeness (QED) is 0.141. The van der Waals surface area contributed by atoms with Crippen LogP contribution in [0.3, 0.4) is 0 Å². The van der Waals surface area contributed by atoms with Crippen molar-refractivity contribution in [2.75, 3.05) is 0 Å². The minimum atomic E-state index is -0.00425. The van der Waals surface area contributed by atoms with Crippen LogP contribution < -0.4 is 12.4 Å². The fourth-order valence-electron chi connectivity index (χ4n) is 4.68. The van der Waals surface area contributed by atoms with Crippen LogP contribution in [0.4, 0.5) is 0 Å². The van der Waals surface area contributed by atoms with Crippen LogP contribution in [-0.2, 0) is 37.3 Å². The van der Waals surface area contributed by atoms with Crippen molar-refractivity contribution in [3.63, 3.8) is 0 Å². The van der Waals surface area contributed by atoms with Gasteiger partial charge in [-0.25, -0.2) is 4.98 Å². The van der Waals surface area contributed by atoms with Gasteiger partial charge in [0, 0.05) is 12.4 Å². The van der Waals surface area contributed by atoms with E-state index >= 15 is 0 Å². The Morgan fingerprint density at radius 2 is 0.891 bits per heavy atom. The molecule has 0 N–H and O–H groups in total. The van der Waals surface area contributed by atoms with Gasteiger partial charge in [-0.1, -0.05) is 105 Å². The Morgan fingerprint density at radius 1 is 0.500 bits per heavy atom. The third kappa shape index (κ3) is 10.2. The van der Waals surface area contributed by atoms with E-state index in [2.05, 4.69) is 127 Å². The second-order valence-electron chi connectivity index (χ2n) is 14.3. The van der Waals surface area contributed by atoms with Crippen LogP contribution in [0, 0.1) is 12.3 Å². The number of aromatic nitrogens is 3. The largest absolute Gasteiger partial charge is 2.00 e. The van der Waals surface area contributed by atoms with Crippen LogP contribution >= 0.6 is 0 Å². The van der Waals surface area contributed by atoms with Gasteiger partial charge in [-0.2, -0.15) is 0 Å². The molecule has 240 valence electrons. The van der Waals surface area contributed by atoms with E-state index in [0.29, 0.717) is 0 Å². The zero-order chi connectivity index (χ0) is 32.1. The average molecular weight is 809 g/mol. The summed E-state index contributed by atoms with van der Waals surface area (Å²) in [4.78, 5) is 14.3. The van der Waals surface area contributed by atoms with E-state index < -0.39 is 0 Å². The van der Waals surface area contributed by atoms with Crippen LogP contribution in [0.15, 0.2) is 103 Å². The molecule has 0 unspecified atom stereocenters. The Morgan fingerprint density at radius 3 is 1.28 bits per heavy atom. The molecule has 2 aromatic carbocycles. The minimum absolute atomic E-state index is 0. The van der Waals surface area contributed by atoms with Crippen molar-refractivity contribution in [1.29, 1.82) is 0 Å². The van der Waals surface area contributed by atoms with E-state index in [0.717, 1.165) is 28.3 Å². The summed E-state index contributed by atoms with van der Waals surface area (Å²) in [6, 6.07) is 30.8. The van der Waals surface area contributed by atoms with Gasteiger partial charge in [0.15, 0.2) is 0 Å². The van der Waals surface area contributed by atoms with Crippen molar-refractivity contribution < 1.29 is 33.5 Å². The summed E-state index contributed by atoms with van der Waals surface area (Å²) in [6.45, 7) is 20.0. The molecule has 5 heteroatoms. The van der Waals surface area contributed by atoms with Crippen molar-refractivity contribution in [1.82, 2.24) is 15.0 Å². The molecule has 0 spiro atoms. The van der Waals surface area contributed by atoms with Gasteiger partial charge >= 0.3 is 21.1 Å². The Balaban J connectivity index is 0.000000387. The zero-order valence-electron chi connectivity index (χ0n) is 28.4. The van der Waals surface area contributed by atoms with Gasteiger partial charge < -0.3 is 18.8 Å². The van der Waals surface area contributed by atoms with E-state index in [-0.39, 0.29) is 49.7 Å². The van der Waals surface area contributed by atoms with E-state index in [1.807, 2.05) is 54.9 Å². The fourth-order valence-corrected chi connectivity index (χ4v) is 4.68. The number of hydrogen-bond donors (Lipinski definition) is 0. The van der Waals surface area contributed by atoms with Crippen LogP contribution in [0.1, 0.15) is 84.6 Å². The maximum atomic E-state index is 6.97. The standard InChI is InChI=1S/C27H35N3.C14H9.ClH.Pt/c1-25(2,3)18-10-12-28-21(14-18)23-16-20(27(7,8)9)17-24(30-23)22-15-19(11-13-29-22)26(4,5)6;1-2-12-8-10-14(11-9-12)13-6-4-3-5-7-13;;/h10-17H,1-9H3;3-11H;1H;/q;-1;;+2/p-1. The topological polar surface area (TPSA) is 38.7 Å². The normalized spacial score (nSPS) is 11.2. The number of hydrogen-bond acceptors (Lipinski definition) is 3. The molecule has 0 aliphatic heterocycles. The molecule has 0 bridgehead atoms. The van der Waals surface area contributed by atoms with Gasteiger partial charge in [-0.3, -0.25) is 15.9 Å². The zero-order valence-corrected chi connectivity index (χ0v) is 31.4. The average Bonchev–Trinajstić information content (AvgIpc) is 3.00. The third-order valence-electron chi connectivity index (χ3n) is 7.60. The first-order valence-corrected chi connectivity index (χ1v) is 15.2. The van der Waals surface area contributed by atoms with Gasteiger partial charge in [0.2, 0.25) is 0 Å². The maximum absolute atomic E-state index is 6.97. The molecule has 5 rings (SSSR count). The number of rotatable bonds is 3. The van der Waals surface area contributed by atoms with Crippen LogP contribution in [0.5, 0.6) is 0 Å². The van der Waals surface area contributed by atoms with E-state index in [1.165, 1.54) is 27.8 Å². The van der Waals surface area contributed by atoms with Crippen LogP contribution in [0.2, 0.25) is 0 Å². The Hall–Kier alpha value is -3.57. The molecule has 0 saturated heterocycles. The van der Waals surface area contributed by atoms with E-state index in [1.54, 1.807) is 0 Å². The fraction of sp³-hybridized carbons (Fsp3) is 0.293. The molecule has 0 amide bonds. The summed E-state index contributed by atoms with van der Waals surface area (Å²) in [5.74, 6) is 2.36. The summed E-state index contributed by atoms with van der Waals surface area (Å²) < 4.78 is 0. The minimum Gasteiger partial charge on any atom is -1.00 e. The summed E-state index contributed by atoms with van der Waals surface area (Å²) in [7, 11) is 0. The molecule has 46 heavy (non-hydrogen) atoms. The van der Waals surface area contributed by atoms with Crippen LogP contribution in [-0.4, -0.2) is 15.0 Å². The second kappa shape index (κ2) is 15.8. The molecule has 0 fully saturated rings. The number of halogens is 1. The Labute approximate surface area is 297 Å². The molecular weight excluding hydrogens is 765 g/mol. The molecule has 0 atom stereocenters. The van der Waals surface area contributed by atoms with Gasteiger partial charge in [-0.15, -0.1) is 17.7 Å². The van der Waals surface area contributed by atoms with Crippen molar-refractivity contribution in [2.24, 2.45) is 0 Å². The summed E-state index contributed by atoms with van der Waals surface area (Å²) in [6.07, 6.45) is 10.7. The number of benzene rings is 2. The smallest absolute Gasteiger partial charge is 1.00 e. The number of pyridine rings is 3. The molecule has 0 aliphatic rings. The molecule has 0 aliphatic carbocycles. The van der Waals surface area contributed by atoms with Gasteiger partial charge in [-0.05, 0) is 80.5 Å². The predicted octanol–water partition coefficient (Wildman–Crippen LogP) is 7.39. The molecule has 5 aromatic rings. The first-order chi connectivity index (χ1) is 20.6. The van der Waals surface area contributed by atoms with Gasteiger partial charge in [0.25, 0.3) is 0 Å². The molecular formula is C41H44ClN3Pt. The maximum Gasteiger partial charge on any atom is 2.00 e. The molecule has 0 saturated carbocycles. The van der Waals surface area contributed by atoms with Crippen LogP contribution in [0.25, 0.3) is 33.9 Å². The molecule has 3 aromatic heterocycles. The second-order valence-corrected chi connectivity index (χ2v) is 14.3. The molecule has 3 nitrogen and oxygen atoms in total. The Kier molecular flexibility index (Phi) is 13.3. The predicted molar refractivity (Wildman–Crippen MR) is 185 cm³/mol. The first kappa shape index (κ1) is 38.6. The Bertz CT molecular complexity index is 1680. The van der Waals surface area contributed by atoms with Crippen molar-refractivity contribution in [3.8, 4) is 39.8 Å². The summed E-state index contributed by atoms with van der Waals surface area (Å²) >= 11 is 0. The van der Waals surface area contributed by atoms with Crippen molar-refractivity contribution in [3.05, 3.63) is 132 Å². The third-order valence-corrected chi connectivity index (χ3v) is 7.60. The number of nitrogens with zero attached hydrogens (tertiary/aromatic N) is 3.